The van der Waals surface area contributed by atoms with Crippen LogP contribution in [0.5, 0.6) is 0 Å². The number of nitrogens with one attached hydrogen (secondary N) is 1. The molecular formula is C11H21N3O. The molecule has 1 rings (SSSR count). The van der Waals surface area contributed by atoms with Crippen LogP contribution in [0.1, 0.15) is 33.1 Å². The number of carbonyl (C=O) groups excluding carboxylic acids is 1. The SMILES string of the molecule is CCN(CC)C(=O)CNC1=NCCCC1. The van der Waals surface area contributed by atoms with Gasteiger partial charge in [0.1, 0.15) is 0 Å². The van der Waals surface area contributed by atoms with Crippen LogP contribution >= 0.6 is 0 Å². The van der Waals surface area contributed by atoms with Crippen molar-refractivity contribution in [1.82, 2.24) is 10.2 Å². The number of amidine groups is 1. The lowest BCUT2D eigenvalue weighted by molar-refractivity contribution is -0.129. The van der Waals surface area contributed by atoms with Crippen molar-refractivity contribution in [2.75, 3.05) is 26.2 Å². The Balaban J connectivity index is 2.29. The summed E-state index contributed by atoms with van der Waals surface area (Å²) in [6.07, 6.45) is 3.35. The fraction of sp³-hybridized carbons (Fsp3) is 0.818. The standard InChI is InChI=1S/C11H21N3O/c1-3-14(4-2)11(15)9-13-10-7-5-6-8-12-10/h3-9H2,1-2H3,(H,12,13). The molecule has 1 aliphatic rings. The molecule has 0 radical (unpaired) electrons. The average Bonchev–Trinajstić information content (AvgIpc) is 2.29. The van der Waals surface area contributed by atoms with Gasteiger partial charge in [-0.25, -0.2) is 0 Å². The molecule has 0 atom stereocenters. The van der Waals surface area contributed by atoms with Crippen LogP contribution < -0.4 is 5.32 Å². The first-order valence-corrected chi connectivity index (χ1v) is 5.82. The highest BCUT2D eigenvalue weighted by molar-refractivity contribution is 5.88. The van der Waals surface area contributed by atoms with Crippen LogP contribution in [0, 0.1) is 0 Å². The summed E-state index contributed by atoms with van der Waals surface area (Å²) in [5.41, 5.74) is 0. The number of nitrogens with zero attached hydrogens (tertiary/aromatic N) is 2. The van der Waals surface area contributed by atoms with E-state index in [1.165, 1.54) is 12.8 Å². The zero-order valence-corrected chi connectivity index (χ0v) is 9.75. The fourth-order valence-electron chi connectivity index (χ4n) is 1.71. The lowest BCUT2D eigenvalue weighted by Crippen LogP contribution is -2.40. The van der Waals surface area contributed by atoms with Gasteiger partial charge in [0.2, 0.25) is 5.91 Å². The largest absolute Gasteiger partial charge is 0.365 e. The summed E-state index contributed by atoms with van der Waals surface area (Å²) in [6.45, 7) is 6.86. The minimum atomic E-state index is 0.160. The molecular weight excluding hydrogens is 190 g/mol. The van der Waals surface area contributed by atoms with Crippen LogP contribution in [-0.4, -0.2) is 42.8 Å². The highest BCUT2D eigenvalue weighted by Crippen LogP contribution is 2.03. The van der Waals surface area contributed by atoms with Gasteiger partial charge in [0.25, 0.3) is 0 Å². The molecule has 0 aliphatic carbocycles. The molecule has 0 fully saturated rings. The van der Waals surface area contributed by atoms with Crippen LogP contribution in [0.3, 0.4) is 0 Å². The molecule has 0 aromatic heterocycles. The van der Waals surface area contributed by atoms with Gasteiger partial charge >= 0.3 is 0 Å². The molecule has 4 nitrogen and oxygen atoms in total. The van der Waals surface area contributed by atoms with Crippen molar-refractivity contribution in [3.8, 4) is 0 Å². The minimum absolute atomic E-state index is 0.160. The van der Waals surface area contributed by atoms with Crippen LogP contribution in [0.15, 0.2) is 4.99 Å². The quantitative estimate of drug-likeness (QED) is 0.754. The summed E-state index contributed by atoms with van der Waals surface area (Å²) >= 11 is 0. The number of aliphatic imine (C=N–C) groups is 1. The number of hydrogen-bond donors (Lipinski definition) is 1. The van der Waals surface area contributed by atoms with E-state index in [1.807, 2.05) is 18.7 Å². The summed E-state index contributed by atoms with van der Waals surface area (Å²) in [6, 6.07) is 0. The molecule has 0 unspecified atom stereocenters. The Hall–Kier alpha value is -1.06. The van der Waals surface area contributed by atoms with Gasteiger partial charge in [-0.2, -0.15) is 0 Å². The summed E-state index contributed by atoms with van der Waals surface area (Å²) in [7, 11) is 0. The Morgan fingerprint density at radius 1 is 1.40 bits per heavy atom. The minimum Gasteiger partial charge on any atom is -0.365 e. The van der Waals surface area contributed by atoms with Gasteiger partial charge < -0.3 is 10.2 Å². The van der Waals surface area contributed by atoms with Crippen LogP contribution in [-0.2, 0) is 4.79 Å². The summed E-state index contributed by atoms with van der Waals surface area (Å²) in [4.78, 5) is 17.8. The van der Waals surface area contributed by atoms with Gasteiger partial charge in [-0.1, -0.05) is 0 Å². The molecule has 0 aromatic carbocycles. The number of amides is 1. The molecule has 0 bridgehead atoms. The molecule has 15 heavy (non-hydrogen) atoms. The van der Waals surface area contributed by atoms with Crippen molar-refractivity contribution in [3.63, 3.8) is 0 Å². The van der Waals surface area contributed by atoms with E-state index in [-0.39, 0.29) is 5.91 Å². The van der Waals surface area contributed by atoms with Crippen LogP contribution in [0.4, 0.5) is 0 Å². The smallest absolute Gasteiger partial charge is 0.241 e. The molecule has 0 aromatic rings. The van der Waals surface area contributed by atoms with E-state index in [0.717, 1.165) is 31.9 Å². The second-order valence-corrected chi connectivity index (χ2v) is 3.71. The first-order chi connectivity index (χ1) is 7.27. The molecule has 4 heteroatoms. The van der Waals surface area contributed by atoms with Gasteiger partial charge in [0.15, 0.2) is 0 Å². The van der Waals surface area contributed by atoms with Crippen LogP contribution in [0.2, 0.25) is 0 Å². The van der Waals surface area contributed by atoms with Crippen molar-refractivity contribution >= 4 is 11.7 Å². The van der Waals surface area contributed by atoms with E-state index in [0.29, 0.717) is 6.54 Å². The fourth-order valence-corrected chi connectivity index (χ4v) is 1.71. The van der Waals surface area contributed by atoms with Gasteiger partial charge in [0, 0.05) is 26.1 Å². The van der Waals surface area contributed by atoms with E-state index >= 15 is 0 Å². The van der Waals surface area contributed by atoms with Gasteiger partial charge in [-0.15, -0.1) is 0 Å². The topological polar surface area (TPSA) is 44.7 Å². The number of rotatable bonds is 4. The Kier molecular flexibility index (Phi) is 5.15. The number of carbonyl (C=O) groups is 1. The first-order valence-electron chi connectivity index (χ1n) is 5.82. The molecule has 1 amide bonds. The van der Waals surface area contributed by atoms with Gasteiger partial charge in [-0.3, -0.25) is 9.79 Å². The summed E-state index contributed by atoms with van der Waals surface area (Å²) < 4.78 is 0. The maximum Gasteiger partial charge on any atom is 0.241 e. The Morgan fingerprint density at radius 3 is 2.67 bits per heavy atom. The Labute approximate surface area is 91.7 Å². The van der Waals surface area contributed by atoms with Crippen molar-refractivity contribution in [3.05, 3.63) is 0 Å². The van der Waals surface area contributed by atoms with E-state index < -0.39 is 0 Å². The lowest BCUT2D eigenvalue weighted by Gasteiger charge is -2.20. The zero-order chi connectivity index (χ0) is 11.1. The zero-order valence-electron chi connectivity index (χ0n) is 9.75. The average molecular weight is 211 g/mol. The maximum absolute atomic E-state index is 11.7. The maximum atomic E-state index is 11.7. The van der Waals surface area contributed by atoms with E-state index in [9.17, 15) is 4.79 Å². The van der Waals surface area contributed by atoms with Crippen LogP contribution in [0.25, 0.3) is 0 Å². The number of hydrogen-bond acceptors (Lipinski definition) is 3. The highest BCUT2D eigenvalue weighted by Gasteiger charge is 2.10. The molecule has 86 valence electrons. The summed E-state index contributed by atoms with van der Waals surface area (Å²) in [5, 5.41) is 3.13. The third-order valence-electron chi connectivity index (χ3n) is 2.68. The first kappa shape index (κ1) is 12.0. The van der Waals surface area contributed by atoms with Crippen molar-refractivity contribution < 1.29 is 4.79 Å². The highest BCUT2D eigenvalue weighted by atomic mass is 16.2. The van der Waals surface area contributed by atoms with Crippen molar-refractivity contribution in [1.29, 1.82) is 0 Å². The summed E-state index contributed by atoms with van der Waals surface area (Å²) in [5.74, 6) is 1.16. The molecule has 1 aliphatic heterocycles. The van der Waals surface area contributed by atoms with E-state index in [2.05, 4.69) is 10.3 Å². The molecule has 1 heterocycles. The molecule has 0 saturated heterocycles. The second-order valence-electron chi connectivity index (χ2n) is 3.71. The molecule has 0 saturated carbocycles. The Morgan fingerprint density at radius 2 is 2.13 bits per heavy atom. The predicted molar refractivity (Wildman–Crippen MR) is 62.1 cm³/mol. The number of likely N-dealkylation sites (N-methyl/N-ethyl adjacent to an activating group) is 1. The van der Waals surface area contributed by atoms with E-state index in [4.69, 9.17) is 0 Å². The third-order valence-corrected chi connectivity index (χ3v) is 2.68. The van der Waals surface area contributed by atoms with Crippen molar-refractivity contribution in [2.24, 2.45) is 4.99 Å². The van der Waals surface area contributed by atoms with E-state index in [1.54, 1.807) is 0 Å². The molecule has 0 spiro atoms. The monoisotopic (exact) mass is 211 g/mol. The lowest BCUT2D eigenvalue weighted by atomic mass is 10.2. The second kappa shape index (κ2) is 6.43. The normalized spacial score (nSPS) is 15.7. The molecule has 1 N–H and O–H groups in total. The van der Waals surface area contributed by atoms with Gasteiger partial charge in [-0.05, 0) is 26.7 Å². The third kappa shape index (κ3) is 3.90. The Bertz CT molecular complexity index is 234. The van der Waals surface area contributed by atoms with Gasteiger partial charge in [0.05, 0.1) is 12.4 Å². The van der Waals surface area contributed by atoms with Crippen molar-refractivity contribution in [2.45, 2.75) is 33.1 Å². The predicted octanol–water partition coefficient (Wildman–Crippen LogP) is 1.03.